The first-order chi connectivity index (χ1) is 22.5. The highest BCUT2D eigenvalue weighted by atomic mass is 16.5. The number of hydrogen-bond donors (Lipinski definition) is 0. The summed E-state index contributed by atoms with van der Waals surface area (Å²) in [7, 11) is 0. The van der Waals surface area contributed by atoms with Crippen LogP contribution < -0.4 is 18.9 Å². The van der Waals surface area contributed by atoms with Crippen molar-refractivity contribution in [2.75, 3.05) is 19.8 Å². The molecule has 0 aliphatic carbocycles. The summed E-state index contributed by atoms with van der Waals surface area (Å²) in [5.41, 5.74) is 1.52. The molecule has 0 heterocycles. The fourth-order valence-electron chi connectivity index (χ4n) is 4.52. The minimum absolute atomic E-state index is 0.346. The molecule has 8 heteroatoms. The molecule has 0 unspecified atom stereocenters. The Morgan fingerprint density at radius 1 is 0.638 bits per heavy atom. The van der Waals surface area contributed by atoms with E-state index >= 15 is 0 Å². The lowest BCUT2D eigenvalue weighted by Crippen LogP contribution is -2.17. The molecule has 0 amide bonds. The minimum atomic E-state index is -0.509. The van der Waals surface area contributed by atoms with E-state index in [1.54, 1.807) is 73.7 Å². The quantitative estimate of drug-likeness (QED) is 0.0586. The van der Waals surface area contributed by atoms with E-state index in [9.17, 15) is 14.4 Å². The van der Waals surface area contributed by atoms with E-state index in [0.29, 0.717) is 59.5 Å². The van der Waals surface area contributed by atoms with Gasteiger partial charge in [0.15, 0.2) is 0 Å². The molecule has 252 valence electrons. The maximum atomic E-state index is 13.0. The number of carbonyl (C=O) groups is 3. The zero-order valence-corrected chi connectivity index (χ0v) is 28.4. The van der Waals surface area contributed by atoms with E-state index in [1.807, 2.05) is 20.8 Å². The lowest BCUT2D eigenvalue weighted by molar-refractivity contribution is -0.139. The molecule has 47 heavy (non-hydrogen) atoms. The van der Waals surface area contributed by atoms with E-state index in [-0.39, 0.29) is 5.97 Å². The molecular weight excluding hydrogens is 596 g/mol. The number of benzene rings is 3. The summed E-state index contributed by atoms with van der Waals surface area (Å²) < 4.78 is 28.1. The van der Waals surface area contributed by atoms with Gasteiger partial charge in [-0.25, -0.2) is 14.4 Å². The first-order valence-electron chi connectivity index (χ1n) is 16.3. The summed E-state index contributed by atoms with van der Waals surface area (Å²) >= 11 is 0. The molecule has 0 aliphatic heterocycles. The molecule has 3 aromatic rings. The molecule has 0 atom stereocenters. The van der Waals surface area contributed by atoms with Gasteiger partial charge in [-0.15, -0.1) is 0 Å². The van der Waals surface area contributed by atoms with Crippen LogP contribution in [-0.4, -0.2) is 37.7 Å². The molecule has 0 aliphatic rings. The number of ether oxygens (including phenoxy) is 5. The van der Waals surface area contributed by atoms with Crippen molar-refractivity contribution in [3.05, 3.63) is 95.6 Å². The van der Waals surface area contributed by atoms with Crippen LogP contribution in [0.1, 0.15) is 106 Å². The zero-order valence-electron chi connectivity index (χ0n) is 28.4. The Morgan fingerprint density at radius 2 is 1.13 bits per heavy atom. The van der Waals surface area contributed by atoms with Crippen LogP contribution in [0, 0.1) is 0 Å². The highest BCUT2D eigenvalue weighted by Gasteiger charge is 2.23. The normalized spacial score (nSPS) is 11.0. The van der Waals surface area contributed by atoms with Crippen LogP contribution in [0.4, 0.5) is 0 Å². The Morgan fingerprint density at radius 3 is 1.64 bits per heavy atom. The van der Waals surface area contributed by atoms with Crippen LogP contribution in [0.2, 0.25) is 0 Å². The molecular formula is C39H48O8. The van der Waals surface area contributed by atoms with Crippen LogP contribution in [0.15, 0.2) is 78.9 Å². The molecule has 0 N–H and O–H groups in total. The highest BCUT2D eigenvalue weighted by Crippen LogP contribution is 2.35. The molecule has 0 saturated carbocycles. The van der Waals surface area contributed by atoms with Crippen LogP contribution in [-0.2, 0) is 14.9 Å². The van der Waals surface area contributed by atoms with Crippen LogP contribution in [0.5, 0.6) is 23.0 Å². The van der Waals surface area contributed by atoms with Crippen molar-refractivity contribution in [3.8, 4) is 23.0 Å². The van der Waals surface area contributed by atoms with Gasteiger partial charge >= 0.3 is 17.9 Å². The smallest absolute Gasteiger partial charge is 0.343 e. The number of esters is 3. The molecule has 0 fully saturated rings. The summed E-state index contributed by atoms with van der Waals surface area (Å²) in [4.78, 5) is 37.3. The molecule has 0 radical (unpaired) electrons. The van der Waals surface area contributed by atoms with Gasteiger partial charge in [-0.2, -0.15) is 0 Å². The average Bonchev–Trinajstić information content (AvgIpc) is 3.04. The van der Waals surface area contributed by atoms with Gasteiger partial charge in [-0.05, 0) is 111 Å². The van der Waals surface area contributed by atoms with Gasteiger partial charge < -0.3 is 23.7 Å². The van der Waals surface area contributed by atoms with E-state index in [2.05, 4.69) is 13.5 Å². The Bertz CT molecular complexity index is 1470. The van der Waals surface area contributed by atoms with Crippen molar-refractivity contribution >= 4 is 17.9 Å². The highest BCUT2D eigenvalue weighted by molar-refractivity contribution is 5.92. The van der Waals surface area contributed by atoms with Crippen molar-refractivity contribution in [1.82, 2.24) is 0 Å². The van der Waals surface area contributed by atoms with E-state index in [0.717, 1.165) is 50.5 Å². The van der Waals surface area contributed by atoms with Gasteiger partial charge in [0.05, 0.1) is 30.9 Å². The Labute approximate surface area is 279 Å². The SMILES string of the molecule is C=C(C)C(=O)OCCCCCCOc1ccc(C(=O)Oc2ccc(OC(=O)c3ccc(OCCCCC)cc3)c(C(C)(C)C)c2)cc1. The van der Waals surface area contributed by atoms with Crippen molar-refractivity contribution in [2.45, 2.75) is 85.0 Å². The lowest BCUT2D eigenvalue weighted by Gasteiger charge is -2.23. The van der Waals surface area contributed by atoms with Crippen molar-refractivity contribution in [2.24, 2.45) is 0 Å². The topological polar surface area (TPSA) is 97.4 Å². The van der Waals surface area contributed by atoms with Gasteiger partial charge in [-0.1, -0.05) is 47.1 Å². The molecule has 0 spiro atoms. The predicted octanol–water partition coefficient (Wildman–Crippen LogP) is 9.05. The Kier molecular flexibility index (Phi) is 14.5. The fraction of sp³-hybridized carbons (Fsp3) is 0.410. The van der Waals surface area contributed by atoms with E-state index < -0.39 is 17.4 Å². The van der Waals surface area contributed by atoms with Gasteiger partial charge in [0.25, 0.3) is 0 Å². The first kappa shape index (κ1) is 36.9. The number of unbranched alkanes of at least 4 members (excludes halogenated alkanes) is 5. The third-order valence-corrected chi connectivity index (χ3v) is 7.26. The van der Waals surface area contributed by atoms with Crippen LogP contribution in [0.3, 0.4) is 0 Å². The Balaban J connectivity index is 1.51. The molecule has 0 saturated heterocycles. The second-order valence-electron chi connectivity index (χ2n) is 12.5. The predicted molar refractivity (Wildman–Crippen MR) is 183 cm³/mol. The van der Waals surface area contributed by atoms with Crippen molar-refractivity contribution in [1.29, 1.82) is 0 Å². The minimum Gasteiger partial charge on any atom is -0.494 e. The third kappa shape index (κ3) is 12.6. The maximum Gasteiger partial charge on any atom is 0.343 e. The molecule has 3 aromatic carbocycles. The van der Waals surface area contributed by atoms with E-state index in [4.69, 9.17) is 23.7 Å². The molecule has 3 rings (SSSR count). The van der Waals surface area contributed by atoms with Crippen molar-refractivity contribution < 1.29 is 38.1 Å². The van der Waals surface area contributed by atoms with Gasteiger partial charge in [0, 0.05) is 11.1 Å². The summed E-state index contributed by atoms with van der Waals surface area (Å²) in [5, 5.41) is 0. The number of hydrogen-bond acceptors (Lipinski definition) is 8. The molecule has 0 aromatic heterocycles. The summed E-state index contributed by atoms with van der Waals surface area (Å²) in [6, 6.07) is 18.7. The summed E-state index contributed by atoms with van der Waals surface area (Å²) in [6.45, 7) is 14.9. The maximum absolute atomic E-state index is 13.0. The summed E-state index contributed by atoms with van der Waals surface area (Å²) in [5.74, 6) is 0.770. The van der Waals surface area contributed by atoms with Crippen LogP contribution in [0.25, 0.3) is 0 Å². The van der Waals surface area contributed by atoms with Gasteiger partial charge in [0.2, 0.25) is 0 Å². The monoisotopic (exact) mass is 644 g/mol. The molecule has 0 bridgehead atoms. The largest absolute Gasteiger partial charge is 0.494 e. The Hall–Kier alpha value is -4.59. The third-order valence-electron chi connectivity index (χ3n) is 7.26. The second kappa shape index (κ2) is 18.5. The zero-order chi connectivity index (χ0) is 34.2. The van der Waals surface area contributed by atoms with E-state index in [1.165, 1.54) is 0 Å². The van der Waals surface area contributed by atoms with Gasteiger partial charge in [0.1, 0.15) is 23.0 Å². The fourth-order valence-corrected chi connectivity index (χ4v) is 4.52. The van der Waals surface area contributed by atoms with Crippen LogP contribution >= 0.6 is 0 Å². The molecule has 8 nitrogen and oxygen atoms in total. The van der Waals surface area contributed by atoms with Crippen molar-refractivity contribution in [3.63, 3.8) is 0 Å². The lowest BCUT2D eigenvalue weighted by atomic mass is 9.86. The second-order valence-corrected chi connectivity index (χ2v) is 12.5. The van der Waals surface area contributed by atoms with Gasteiger partial charge in [-0.3, -0.25) is 0 Å². The number of rotatable bonds is 18. The number of carbonyl (C=O) groups excluding carboxylic acids is 3. The first-order valence-corrected chi connectivity index (χ1v) is 16.3. The standard InChI is InChI=1S/C39H48O8/c1-7-8-11-24-43-31-20-16-30(17-21-31)38(42)47-35-23-22-33(27-34(35)39(4,5)6)46-37(41)29-14-18-32(19-15-29)44-25-12-9-10-13-26-45-36(40)28(2)3/h14-23,27H,2,7-13,24-26H2,1,3-6H3. The summed E-state index contributed by atoms with van der Waals surface area (Å²) in [6.07, 6.45) is 6.77. The average molecular weight is 645 g/mol.